The fourth-order valence-corrected chi connectivity index (χ4v) is 6.40. The molecule has 0 aromatic heterocycles. The van der Waals surface area contributed by atoms with Crippen molar-refractivity contribution in [2.45, 2.75) is 120 Å². The van der Waals surface area contributed by atoms with Crippen LogP contribution in [0, 0.1) is 0 Å². The molecule has 0 heterocycles. The first-order chi connectivity index (χ1) is 13.5. The van der Waals surface area contributed by atoms with Gasteiger partial charge >= 0.3 is 121 Å². The third-order valence-electron chi connectivity index (χ3n) is 4.49. The number of aliphatic carboxylic acids is 2. The molecule has 0 amide bonds. The maximum absolute atomic E-state index is 10.2. The SMILES string of the molecule is CCC/C(=C/C(=O)[O-])C(=O)[O-].CCCCCCC[CH2][Sn+2][CH2]CCCCCCC. The van der Waals surface area contributed by atoms with Gasteiger partial charge in [0.2, 0.25) is 0 Å². The van der Waals surface area contributed by atoms with Crippen LogP contribution >= 0.6 is 0 Å². The number of hydrogen-bond acceptors (Lipinski definition) is 4. The summed E-state index contributed by atoms with van der Waals surface area (Å²) >= 11 is 0.0736. The molecule has 0 aliphatic carbocycles. The van der Waals surface area contributed by atoms with Crippen molar-refractivity contribution in [2.24, 2.45) is 0 Å². The Kier molecular flexibility index (Phi) is 26.0. The molecule has 0 bridgehead atoms. The number of rotatable bonds is 18. The van der Waals surface area contributed by atoms with Crippen LogP contribution in [-0.4, -0.2) is 33.1 Å². The van der Waals surface area contributed by atoms with Crippen LogP contribution in [0.3, 0.4) is 0 Å². The molecular formula is C23H42O4Sn. The Labute approximate surface area is 183 Å². The monoisotopic (exact) mass is 502 g/mol. The Morgan fingerprint density at radius 3 is 1.46 bits per heavy atom. The summed E-state index contributed by atoms with van der Waals surface area (Å²) < 4.78 is 3.31. The predicted molar refractivity (Wildman–Crippen MR) is 115 cm³/mol. The zero-order chi connectivity index (χ0) is 21.5. The Balaban J connectivity index is 0. The molecular weight excluding hydrogens is 459 g/mol. The molecule has 0 fully saturated rings. The fourth-order valence-electron chi connectivity index (χ4n) is 2.83. The summed E-state index contributed by atoms with van der Waals surface area (Å²) in [6.07, 6.45) is 19.1. The van der Waals surface area contributed by atoms with E-state index in [9.17, 15) is 19.8 Å². The fraction of sp³-hybridized carbons (Fsp3) is 0.826. The zero-order valence-electron chi connectivity index (χ0n) is 18.5. The number of hydrogen-bond donors (Lipinski definition) is 0. The van der Waals surface area contributed by atoms with Gasteiger partial charge in [-0.05, 0) is 18.1 Å². The molecule has 0 saturated carbocycles. The summed E-state index contributed by atoms with van der Waals surface area (Å²) in [6, 6.07) is 0. The molecule has 5 heteroatoms. The van der Waals surface area contributed by atoms with Crippen molar-refractivity contribution < 1.29 is 19.8 Å². The van der Waals surface area contributed by atoms with Crippen molar-refractivity contribution in [3.05, 3.63) is 11.6 Å². The van der Waals surface area contributed by atoms with Gasteiger partial charge in [0.15, 0.2) is 0 Å². The van der Waals surface area contributed by atoms with Crippen LogP contribution in [0.25, 0.3) is 0 Å². The molecule has 0 spiro atoms. The van der Waals surface area contributed by atoms with Crippen LogP contribution in [0.2, 0.25) is 8.87 Å². The third-order valence-corrected chi connectivity index (χ3v) is 8.52. The summed E-state index contributed by atoms with van der Waals surface area (Å²) in [4.78, 5) is 20.1. The second-order valence-electron chi connectivity index (χ2n) is 7.31. The van der Waals surface area contributed by atoms with Gasteiger partial charge in [0.1, 0.15) is 0 Å². The Hall–Kier alpha value is -0.521. The minimum atomic E-state index is -1.50. The molecule has 4 nitrogen and oxygen atoms in total. The average Bonchev–Trinajstić information content (AvgIpc) is 2.65. The molecule has 0 N–H and O–H groups in total. The quantitative estimate of drug-likeness (QED) is 0.158. The van der Waals surface area contributed by atoms with Crippen LogP contribution in [0.1, 0.15) is 111 Å². The van der Waals surface area contributed by atoms with E-state index in [4.69, 9.17) is 0 Å². The number of carboxylic acid groups (broad SMARTS) is 2. The van der Waals surface area contributed by atoms with E-state index < -0.39 is 11.9 Å². The van der Waals surface area contributed by atoms with Gasteiger partial charge in [0.25, 0.3) is 0 Å². The van der Waals surface area contributed by atoms with Crippen molar-refractivity contribution in [3.8, 4) is 0 Å². The van der Waals surface area contributed by atoms with Crippen molar-refractivity contribution in [2.75, 3.05) is 0 Å². The van der Waals surface area contributed by atoms with Gasteiger partial charge in [-0.3, -0.25) is 0 Å². The molecule has 162 valence electrons. The van der Waals surface area contributed by atoms with E-state index in [0.717, 1.165) is 0 Å². The van der Waals surface area contributed by atoms with E-state index in [0.29, 0.717) is 12.5 Å². The molecule has 0 aromatic rings. The minimum absolute atomic E-state index is 0.0736. The standard InChI is InChI=1S/2C8H17.C7H10O4.Sn/c2*1-3-5-7-8-6-4-2;1-2-3-5(7(10)11)4-6(8)9;/h2*1,3-8H2,2H3;4H,2-3H2,1H3,(H,8,9)(H,10,11);/q;;;+2/p-2/b;;5-4-;. The second kappa shape index (κ2) is 24.5. The molecule has 28 heavy (non-hydrogen) atoms. The van der Waals surface area contributed by atoms with E-state index in [-0.39, 0.29) is 33.1 Å². The van der Waals surface area contributed by atoms with Crippen LogP contribution < -0.4 is 10.2 Å². The van der Waals surface area contributed by atoms with Crippen molar-refractivity contribution in [3.63, 3.8) is 0 Å². The first-order valence-electron chi connectivity index (χ1n) is 11.3. The summed E-state index contributed by atoms with van der Waals surface area (Å²) in [6.45, 7) is 6.34. The van der Waals surface area contributed by atoms with Crippen LogP contribution in [0.4, 0.5) is 0 Å². The molecule has 0 unspecified atom stereocenters. The molecule has 0 rings (SSSR count). The van der Waals surface area contributed by atoms with Crippen molar-refractivity contribution >= 4 is 33.1 Å². The molecule has 0 radical (unpaired) electrons. The summed E-state index contributed by atoms with van der Waals surface area (Å²) in [5.41, 5.74) is -0.229. The zero-order valence-corrected chi connectivity index (χ0v) is 21.4. The Morgan fingerprint density at radius 1 is 0.679 bits per heavy atom. The number of unbranched alkanes of at least 4 members (excludes halogenated alkanes) is 10. The summed E-state index contributed by atoms with van der Waals surface area (Å²) in [7, 11) is 0. The Morgan fingerprint density at radius 2 is 1.11 bits per heavy atom. The summed E-state index contributed by atoms with van der Waals surface area (Å²) in [5, 5.41) is 20.1. The molecule has 0 atom stereocenters. The number of carboxylic acids is 2. The first-order valence-corrected chi connectivity index (χ1v) is 15.4. The van der Waals surface area contributed by atoms with Crippen LogP contribution in [0.5, 0.6) is 0 Å². The molecule has 0 aromatic carbocycles. The third kappa shape index (κ3) is 25.5. The predicted octanol–water partition coefficient (Wildman–Crippen LogP) is 4.46. The van der Waals surface area contributed by atoms with E-state index in [2.05, 4.69) is 13.8 Å². The molecule has 0 aliphatic heterocycles. The topological polar surface area (TPSA) is 80.3 Å². The van der Waals surface area contributed by atoms with Crippen LogP contribution in [0.15, 0.2) is 11.6 Å². The van der Waals surface area contributed by atoms with Gasteiger partial charge in [-0.25, -0.2) is 0 Å². The second-order valence-corrected chi connectivity index (χ2v) is 11.6. The molecule has 0 aliphatic rings. The van der Waals surface area contributed by atoms with Crippen molar-refractivity contribution in [1.82, 2.24) is 0 Å². The van der Waals surface area contributed by atoms with Gasteiger partial charge in [-0.2, -0.15) is 0 Å². The first kappa shape index (κ1) is 29.7. The summed E-state index contributed by atoms with van der Waals surface area (Å²) in [5.74, 6) is -2.95. The van der Waals surface area contributed by atoms with Gasteiger partial charge in [-0.1, -0.05) is 13.3 Å². The van der Waals surface area contributed by atoms with E-state index in [1.165, 1.54) is 64.2 Å². The molecule has 0 saturated heterocycles. The average molecular weight is 501 g/mol. The van der Waals surface area contributed by atoms with Gasteiger partial charge < -0.3 is 19.8 Å². The van der Waals surface area contributed by atoms with E-state index in [1.54, 1.807) is 28.6 Å². The number of carbonyl (C=O) groups is 2. The maximum atomic E-state index is 10.2. The van der Waals surface area contributed by atoms with Crippen LogP contribution in [-0.2, 0) is 9.59 Å². The van der Waals surface area contributed by atoms with E-state index >= 15 is 0 Å². The van der Waals surface area contributed by atoms with E-state index in [1.807, 2.05) is 0 Å². The number of carbonyl (C=O) groups excluding carboxylic acids is 2. The van der Waals surface area contributed by atoms with Gasteiger partial charge in [-0.15, -0.1) is 0 Å². The normalized spacial score (nSPS) is 10.8. The van der Waals surface area contributed by atoms with Gasteiger partial charge in [0.05, 0.1) is 11.9 Å². The van der Waals surface area contributed by atoms with Gasteiger partial charge in [0, 0.05) is 0 Å². The Bertz CT molecular complexity index is 380. The van der Waals surface area contributed by atoms with Crippen molar-refractivity contribution in [1.29, 1.82) is 0 Å².